The average Bonchev–Trinajstić information content (AvgIpc) is 2.96. The van der Waals surface area contributed by atoms with Gasteiger partial charge >= 0.3 is 0 Å². The van der Waals surface area contributed by atoms with Crippen LogP contribution in [0.25, 0.3) is 5.52 Å². The number of nitrogens with one attached hydrogen (secondary N) is 1. The summed E-state index contributed by atoms with van der Waals surface area (Å²) in [5.74, 6) is 1.75. The van der Waals surface area contributed by atoms with E-state index in [9.17, 15) is 0 Å². The van der Waals surface area contributed by atoms with E-state index < -0.39 is 0 Å². The lowest BCUT2D eigenvalue weighted by molar-refractivity contribution is 0.698. The summed E-state index contributed by atoms with van der Waals surface area (Å²) in [6, 6.07) is 4.32. The SMILES string of the molecule is CN(C)c1ccn2c(C3CCNC3)ncc2c1. The largest absolute Gasteiger partial charge is 0.378 e. The molecule has 1 N–H and O–H groups in total. The van der Waals surface area contributed by atoms with Crippen molar-refractivity contribution in [1.82, 2.24) is 14.7 Å². The number of pyridine rings is 1. The van der Waals surface area contributed by atoms with Crippen molar-refractivity contribution < 1.29 is 0 Å². The van der Waals surface area contributed by atoms with E-state index in [0.717, 1.165) is 13.1 Å². The summed E-state index contributed by atoms with van der Waals surface area (Å²) in [6.45, 7) is 2.16. The van der Waals surface area contributed by atoms with E-state index >= 15 is 0 Å². The van der Waals surface area contributed by atoms with Gasteiger partial charge in [-0.15, -0.1) is 0 Å². The van der Waals surface area contributed by atoms with Gasteiger partial charge in [-0.3, -0.25) is 0 Å². The zero-order valence-electron chi connectivity index (χ0n) is 10.3. The number of nitrogens with zero attached hydrogens (tertiary/aromatic N) is 3. The van der Waals surface area contributed by atoms with Gasteiger partial charge in [0.1, 0.15) is 5.82 Å². The Morgan fingerprint density at radius 1 is 1.47 bits per heavy atom. The molecule has 1 unspecified atom stereocenters. The minimum absolute atomic E-state index is 0.558. The third-order valence-corrected chi connectivity index (χ3v) is 3.49. The Morgan fingerprint density at radius 2 is 2.35 bits per heavy atom. The number of anilines is 1. The van der Waals surface area contributed by atoms with E-state index in [-0.39, 0.29) is 0 Å². The van der Waals surface area contributed by atoms with Crippen molar-refractivity contribution in [2.45, 2.75) is 12.3 Å². The molecule has 1 aliphatic heterocycles. The highest BCUT2D eigenvalue weighted by Crippen LogP contribution is 2.24. The lowest BCUT2D eigenvalue weighted by Gasteiger charge is -2.13. The molecule has 4 nitrogen and oxygen atoms in total. The Balaban J connectivity index is 2.04. The van der Waals surface area contributed by atoms with E-state index in [1.54, 1.807) is 0 Å². The minimum Gasteiger partial charge on any atom is -0.378 e. The fourth-order valence-corrected chi connectivity index (χ4v) is 2.46. The Hall–Kier alpha value is -1.55. The third kappa shape index (κ3) is 1.78. The first kappa shape index (κ1) is 10.6. The normalized spacial score (nSPS) is 20.0. The van der Waals surface area contributed by atoms with Gasteiger partial charge in [-0.05, 0) is 25.1 Å². The maximum Gasteiger partial charge on any atom is 0.117 e. The molecule has 0 radical (unpaired) electrons. The number of aromatic nitrogens is 2. The van der Waals surface area contributed by atoms with E-state index in [1.807, 2.05) is 6.20 Å². The van der Waals surface area contributed by atoms with Gasteiger partial charge in [-0.1, -0.05) is 0 Å². The number of fused-ring (bicyclic) bond motifs is 1. The molecule has 3 rings (SSSR count). The molecule has 3 heterocycles. The quantitative estimate of drug-likeness (QED) is 0.848. The Bertz CT molecular complexity index is 523. The average molecular weight is 230 g/mol. The molecule has 1 fully saturated rings. The maximum atomic E-state index is 4.58. The highest BCUT2D eigenvalue weighted by Gasteiger charge is 2.20. The first-order chi connectivity index (χ1) is 8.25. The molecular weight excluding hydrogens is 212 g/mol. The van der Waals surface area contributed by atoms with E-state index in [2.05, 4.69) is 52.0 Å². The minimum atomic E-state index is 0.558. The standard InChI is InChI=1S/C13H18N4/c1-16(2)11-4-6-17-12(7-11)9-15-13(17)10-3-5-14-8-10/h4,6-7,9-10,14H,3,5,8H2,1-2H3. The van der Waals surface area contributed by atoms with Crippen LogP contribution in [0.5, 0.6) is 0 Å². The van der Waals surface area contributed by atoms with Crippen molar-refractivity contribution in [3.63, 3.8) is 0 Å². The maximum absolute atomic E-state index is 4.58. The van der Waals surface area contributed by atoms with Crippen molar-refractivity contribution >= 4 is 11.2 Å². The van der Waals surface area contributed by atoms with Crippen LogP contribution in [-0.4, -0.2) is 36.6 Å². The van der Waals surface area contributed by atoms with Crippen LogP contribution in [0, 0.1) is 0 Å². The lowest BCUT2D eigenvalue weighted by atomic mass is 10.1. The van der Waals surface area contributed by atoms with Crippen LogP contribution < -0.4 is 10.2 Å². The second-order valence-corrected chi connectivity index (χ2v) is 4.88. The summed E-state index contributed by atoms with van der Waals surface area (Å²) in [5, 5.41) is 3.39. The van der Waals surface area contributed by atoms with Crippen LogP contribution in [0.1, 0.15) is 18.2 Å². The molecule has 0 aliphatic carbocycles. The van der Waals surface area contributed by atoms with Crippen LogP contribution in [0.15, 0.2) is 24.5 Å². The molecule has 0 saturated carbocycles. The zero-order valence-corrected chi connectivity index (χ0v) is 10.3. The molecule has 1 saturated heterocycles. The lowest BCUT2D eigenvalue weighted by Crippen LogP contribution is -2.11. The predicted molar refractivity (Wildman–Crippen MR) is 69.7 cm³/mol. The molecule has 2 aromatic heterocycles. The number of imidazole rings is 1. The van der Waals surface area contributed by atoms with Gasteiger partial charge in [-0.2, -0.15) is 0 Å². The fourth-order valence-electron chi connectivity index (χ4n) is 2.46. The van der Waals surface area contributed by atoms with Crippen LogP contribution >= 0.6 is 0 Å². The van der Waals surface area contributed by atoms with Crippen molar-refractivity contribution in [3.8, 4) is 0 Å². The van der Waals surface area contributed by atoms with Gasteiger partial charge in [0.15, 0.2) is 0 Å². The van der Waals surface area contributed by atoms with Crippen LogP contribution in [0.2, 0.25) is 0 Å². The molecule has 90 valence electrons. The van der Waals surface area contributed by atoms with Crippen LogP contribution in [0.4, 0.5) is 5.69 Å². The summed E-state index contributed by atoms with van der Waals surface area (Å²) < 4.78 is 2.21. The molecule has 1 atom stereocenters. The first-order valence-corrected chi connectivity index (χ1v) is 6.11. The summed E-state index contributed by atoms with van der Waals surface area (Å²) in [4.78, 5) is 6.70. The number of hydrogen-bond donors (Lipinski definition) is 1. The highest BCUT2D eigenvalue weighted by atomic mass is 15.1. The van der Waals surface area contributed by atoms with Crippen molar-refractivity contribution in [3.05, 3.63) is 30.4 Å². The van der Waals surface area contributed by atoms with E-state index in [4.69, 9.17) is 0 Å². The molecular formula is C13H18N4. The second kappa shape index (κ2) is 4.04. The zero-order chi connectivity index (χ0) is 11.8. The van der Waals surface area contributed by atoms with Gasteiger partial charge in [0.25, 0.3) is 0 Å². The van der Waals surface area contributed by atoms with E-state index in [0.29, 0.717) is 5.92 Å². The molecule has 1 aliphatic rings. The van der Waals surface area contributed by atoms with Crippen LogP contribution in [0.3, 0.4) is 0 Å². The van der Waals surface area contributed by atoms with Gasteiger partial charge < -0.3 is 14.6 Å². The molecule has 0 amide bonds. The third-order valence-electron chi connectivity index (χ3n) is 3.49. The summed E-state index contributed by atoms with van der Waals surface area (Å²) in [5.41, 5.74) is 2.39. The molecule has 2 aromatic rings. The summed E-state index contributed by atoms with van der Waals surface area (Å²) >= 11 is 0. The molecule has 4 heteroatoms. The molecule has 0 spiro atoms. The Labute approximate surface area is 101 Å². The molecule has 17 heavy (non-hydrogen) atoms. The number of rotatable bonds is 2. The van der Waals surface area contributed by atoms with Gasteiger partial charge in [0, 0.05) is 38.4 Å². The Kier molecular flexibility index (Phi) is 2.52. The summed E-state index contributed by atoms with van der Waals surface area (Å²) in [7, 11) is 4.12. The van der Waals surface area contributed by atoms with Crippen molar-refractivity contribution in [1.29, 1.82) is 0 Å². The Morgan fingerprint density at radius 3 is 3.06 bits per heavy atom. The van der Waals surface area contributed by atoms with Crippen molar-refractivity contribution in [2.24, 2.45) is 0 Å². The highest BCUT2D eigenvalue weighted by molar-refractivity contribution is 5.59. The molecule has 0 aromatic carbocycles. The topological polar surface area (TPSA) is 32.6 Å². The van der Waals surface area contributed by atoms with Crippen LogP contribution in [-0.2, 0) is 0 Å². The van der Waals surface area contributed by atoms with Gasteiger partial charge in [0.05, 0.1) is 11.7 Å². The smallest absolute Gasteiger partial charge is 0.117 e. The molecule has 0 bridgehead atoms. The number of hydrogen-bond acceptors (Lipinski definition) is 3. The van der Waals surface area contributed by atoms with Gasteiger partial charge in [0.2, 0.25) is 0 Å². The fraction of sp³-hybridized carbons (Fsp3) is 0.462. The monoisotopic (exact) mass is 230 g/mol. The first-order valence-electron chi connectivity index (χ1n) is 6.11. The second-order valence-electron chi connectivity index (χ2n) is 4.88. The van der Waals surface area contributed by atoms with Crippen molar-refractivity contribution in [2.75, 3.05) is 32.1 Å². The van der Waals surface area contributed by atoms with Gasteiger partial charge in [-0.25, -0.2) is 4.98 Å². The van der Waals surface area contributed by atoms with E-state index in [1.165, 1.54) is 23.4 Å². The summed E-state index contributed by atoms with van der Waals surface area (Å²) in [6.07, 6.45) is 5.29. The predicted octanol–water partition coefficient (Wildman–Crippen LogP) is 1.48.